The number of esters is 1. The van der Waals surface area contributed by atoms with Gasteiger partial charge in [-0.1, -0.05) is 33.1 Å². The van der Waals surface area contributed by atoms with E-state index in [2.05, 4.69) is 13.8 Å². The van der Waals surface area contributed by atoms with Crippen molar-refractivity contribution in [1.29, 1.82) is 0 Å². The van der Waals surface area contributed by atoms with E-state index < -0.39 is 5.41 Å². The van der Waals surface area contributed by atoms with Gasteiger partial charge >= 0.3 is 5.97 Å². The van der Waals surface area contributed by atoms with Crippen LogP contribution in [-0.2, 0) is 11.3 Å². The summed E-state index contributed by atoms with van der Waals surface area (Å²) in [5.41, 5.74) is -0.143. The molecule has 0 spiro atoms. The van der Waals surface area contributed by atoms with Gasteiger partial charge in [0.2, 0.25) is 5.43 Å². The summed E-state index contributed by atoms with van der Waals surface area (Å²) in [7, 11) is 0. The third kappa shape index (κ3) is 5.52. The number of ether oxygens (including phenoxy) is 1. The predicted octanol–water partition coefficient (Wildman–Crippen LogP) is 4.32. The second-order valence-electron chi connectivity index (χ2n) is 7.30. The Morgan fingerprint density at radius 2 is 1.96 bits per heavy atom. The Balaban J connectivity index is 3.02. The summed E-state index contributed by atoms with van der Waals surface area (Å²) in [5, 5.41) is 0. The number of unbranched alkanes of at least 4 members (excludes halogenated alkanes) is 1. The van der Waals surface area contributed by atoms with Crippen molar-refractivity contribution in [2.24, 2.45) is 11.3 Å². The van der Waals surface area contributed by atoms with E-state index in [1.807, 2.05) is 11.5 Å². The lowest BCUT2D eigenvalue weighted by atomic mass is 9.97. The summed E-state index contributed by atoms with van der Waals surface area (Å²) >= 11 is 0. The number of carbonyl (C=O) groups excluding carboxylic acids is 1. The molecule has 23 heavy (non-hydrogen) atoms. The highest BCUT2D eigenvalue weighted by molar-refractivity contribution is 5.78. The average Bonchev–Trinajstić information content (AvgIpc) is 2.48. The Bertz CT molecular complexity index is 581. The van der Waals surface area contributed by atoms with Gasteiger partial charge in [0, 0.05) is 18.8 Å². The van der Waals surface area contributed by atoms with Crippen LogP contribution in [-0.4, -0.2) is 10.5 Å². The van der Waals surface area contributed by atoms with Gasteiger partial charge in [-0.15, -0.1) is 0 Å². The normalized spacial score (nSPS) is 13.0. The Morgan fingerprint density at radius 3 is 2.48 bits per heavy atom. The molecule has 1 unspecified atom stereocenters. The van der Waals surface area contributed by atoms with E-state index >= 15 is 0 Å². The zero-order valence-electron chi connectivity index (χ0n) is 15.4. The molecule has 0 aliphatic heterocycles. The van der Waals surface area contributed by atoms with Crippen molar-refractivity contribution in [3.63, 3.8) is 0 Å². The van der Waals surface area contributed by atoms with Crippen molar-refractivity contribution in [3.05, 3.63) is 28.2 Å². The van der Waals surface area contributed by atoms with Gasteiger partial charge in [-0.2, -0.15) is 0 Å². The molecule has 0 amide bonds. The molecule has 0 radical (unpaired) electrons. The van der Waals surface area contributed by atoms with E-state index in [-0.39, 0.29) is 17.1 Å². The van der Waals surface area contributed by atoms with Crippen LogP contribution in [0.3, 0.4) is 0 Å². The van der Waals surface area contributed by atoms with Gasteiger partial charge in [0.15, 0.2) is 5.75 Å². The molecule has 1 atom stereocenters. The number of nitrogens with zero attached hydrogens (tertiary/aromatic N) is 1. The molecule has 0 bridgehead atoms. The van der Waals surface area contributed by atoms with Crippen molar-refractivity contribution in [2.75, 3.05) is 0 Å². The molecule has 0 saturated carbocycles. The third-order valence-electron chi connectivity index (χ3n) is 4.19. The Morgan fingerprint density at radius 1 is 1.30 bits per heavy atom. The smallest absolute Gasteiger partial charge is 0.316 e. The van der Waals surface area contributed by atoms with Gasteiger partial charge in [-0.05, 0) is 40.0 Å². The molecule has 0 saturated heterocycles. The summed E-state index contributed by atoms with van der Waals surface area (Å²) in [5.74, 6) is 0.355. The lowest BCUT2D eigenvalue weighted by molar-refractivity contribution is -0.143. The highest BCUT2D eigenvalue weighted by atomic mass is 16.5. The molecular weight excluding hydrogens is 290 g/mol. The first kappa shape index (κ1) is 19.5. The standard InChI is InChI=1S/C19H31NO3/c1-7-9-10-15(8-2)13-20-12-11-16(21)17(14(20)3)23-18(22)19(4,5)6/h11-12,15H,7-10,13H2,1-6H3. The van der Waals surface area contributed by atoms with Gasteiger partial charge < -0.3 is 9.30 Å². The number of rotatable bonds is 7. The zero-order valence-corrected chi connectivity index (χ0v) is 15.4. The molecule has 4 nitrogen and oxygen atoms in total. The minimum absolute atomic E-state index is 0.165. The highest BCUT2D eigenvalue weighted by Crippen LogP contribution is 2.22. The maximum absolute atomic E-state index is 12.1. The average molecular weight is 321 g/mol. The second kappa shape index (κ2) is 8.32. The fourth-order valence-electron chi connectivity index (χ4n) is 2.42. The maximum Gasteiger partial charge on any atom is 0.316 e. The van der Waals surface area contributed by atoms with Gasteiger partial charge in [-0.25, -0.2) is 0 Å². The molecular formula is C19H31NO3. The third-order valence-corrected chi connectivity index (χ3v) is 4.19. The Kier molecular flexibility index (Phi) is 7.04. The van der Waals surface area contributed by atoms with Crippen LogP contribution in [0.1, 0.15) is 66.0 Å². The quantitative estimate of drug-likeness (QED) is 0.703. The number of aromatic nitrogens is 1. The molecule has 130 valence electrons. The fraction of sp³-hybridized carbons (Fsp3) is 0.684. The van der Waals surface area contributed by atoms with E-state index in [4.69, 9.17) is 4.74 Å². The van der Waals surface area contributed by atoms with Crippen LogP contribution in [0.15, 0.2) is 17.1 Å². The summed E-state index contributed by atoms with van der Waals surface area (Å²) in [6.07, 6.45) is 6.48. The van der Waals surface area contributed by atoms with Crippen LogP contribution >= 0.6 is 0 Å². The summed E-state index contributed by atoms with van der Waals surface area (Å²) < 4.78 is 7.44. The minimum Gasteiger partial charge on any atom is -0.420 e. The first-order valence-electron chi connectivity index (χ1n) is 8.63. The van der Waals surface area contributed by atoms with Gasteiger partial charge in [0.05, 0.1) is 11.1 Å². The van der Waals surface area contributed by atoms with Crippen LogP contribution in [0, 0.1) is 18.3 Å². The topological polar surface area (TPSA) is 48.3 Å². The van der Waals surface area contributed by atoms with Crippen LogP contribution in [0.5, 0.6) is 5.75 Å². The number of carbonyl (C=O) groups is 1. The minimum atomic E-state index is -0.632. The van der Waals surface area contributed by atoms with Crippen molar-refractivity contribution < 1.29 is 9.53 Å². The molecule has 0 aromatic carbocycles. The van der Waals surface area contributed by atoms with Crippen molar-refractivity contribution >= 4 is 5.97 Å². The summed E-state index contributed by atoms with van der Waals surface area (Å²) in [6, 6.07) is 1.49. The summed E-state index contributed by atoms with van der Waals surface area (Å²) in [4.78, 5) is 24.2. The van der Waals surface area contributed by atoms with Crippen LogP contribution in [0.25, 0.3) is 0 Å². The van der Waals surface area contributed by atoms with Gasteiger partial charge in [0.1, 0.15) is 0 Å². The first-order chi connectivity index (χ1) is 10.7. The van der Waals surface area contributed by atoms with E-state index in [0.29, 0.717) is 5.92 Å². The molecule has 1 aromatic rings. The molecule has 0 aliphatic rings. The lowest BCUT2D eigenvalue weighted by Gasteiger charge is -2.21. The number of pyridine rings is 1. The zero-order chi connectivity index (χ0) is 17.6. The Labute approximate surface area is 139 Å². The number of hydrogen-bond acceptors (Lipinski definition) is 3. The lowest BCUT2D eigenvalue weighted by Crippen LogP contribution is -2.29. The second-order valence-corrected chi connectivity index (χ2v) is 7.30. The maximum atomic E-state index is 12.1. The van der Waals surface area contributed by atoms with Gasteiger partial charge in [0.25, 0.3) is 0 Å². The van der Waals surface area contributed by atoms with E-state index in [1.54, 1.807) is 27.0 Å². The molecule has 1 heterocycles. The molecule has 0 fully saturated rings. The fourth-order valence-corrected chi connectivity index (χ4v) is 2.42. The summed E-state index contributed by atoms with van der Waals surface area (Å²) in [6.45, 7) is 12.4. The van der Waals surface area contributed by atoms with Crippen molar-refractivity contribution in [2.45, 2.75) is 73.8 Å². The monoisotopic (exact) mass is 321 g/mol. The first-order valence-corrected chi connectivity index (χ1v) is 8.63. The molecule has 0 aliphatic carbocycles. The molecule has 1 rings (SSSR count). The van der Waals surface area contributed by atoms with Crippen LogP contribution in [0.2, 0.25) is 0 Å². The van der Waals surface area contributed by atoms with Crippen LogP contribution < -0.4 is 10.2 Å². The molecule has 0 N–H and O–H groups in total. The highest BCUT2D eigenvalue weighted by Gasteiger charge is 2.25. The number of hydrogen-bond donors (Lipinski definition) is 0. The van der Waals surface area contributed by atoms with E-state index in [1.165, 1.54) is 25.3 Å². The Hall–Kier alpha value is -1.58. The van der Waals surface area contributed by atoms with E-state index in [0.717, 1.165) is 18.7 Å². The SMILES string of the molecule is CCCCC(CC)Cn1ccc(=O)c(OC(=O)C(C)(C)C)c1C. The van der Waals surface area contributed by atoms with Gasteiger partial charge in [-0.3, -0.25) is 9.59 Å². The van der Waals surface area contributed by atoms with Crippen molar-refractivity contribution in [3.8, 4) is 5.75 Å². The molecule has 4 heteroatoms. The molecule has 1 aromatic heterocycles. The van der Waals surface area contributed by atoms with Crippen LogP contribution in [0.4, 0.5) is 0 Å². The van der Waals surface area contributed by atoms with Crippen molar-refractivity contribution in [1.82, 2.24) is 4.57 Å². The predicted molar refractivity (Wildman–Crippen MR) is 93.8 cm³/mol. The van der Waals surface area contributed by atoms with E-state index in [9.17, 15) is 9.59 Å². The largest absolute Gasteiger partial charge is 0.420 e.